The molecule has 0 aliphatic rings. The van der Waals surface area contributed by atoms with Gasteiger partial charge in [-0.05, 0) is 24.3 Å². The molecule has 0 radical (unpaired) electrons. The van der Waals surface area contributed by atoms with Gasteiger partial charge in [0.1, 0.15) is 6.54 Å². The summed E-state index contributed by atoms with van der Waals surface area (Å²) < 4.78 is 3.99. The Morgan fingerprint density at radius 3 is 2.26 bits per heavy atom. The number of carbonyl (C=O) groups is 3. The molecule has 1 unspecified atom stereocenters. The summed E-state index contributed by atoms with van der Waals surface area (Å²) in [5.74, 6) is -1.97. The number of nitrogens with zero attached hydrogens (tertiary/aromatic N) is 7. The Hall–Kier alpha value is -5.46. The minimum Gasteiger partial charge on any atom is -0.481 e. The van der Waals surface area contributed by atoms with E-state index in [0.717, 1.165) is 4.57 Å². The molecule has 0 saturated carbocycles. The average Bonchev–Trinajstić information content (AvgIpc) is 3.32. The van der Waals surface area contributed by atoms with Gasteiger partial charge < -0.3 is 19.9 Å². The van der Waals surface area contributed by atoms with Gasteiger partial charge in [0.05, 0.1) is 11.8 Å². The summed E-state index contributed by atoms with van der Waals surface area (Å²) in [6, 6.07) is 17.5. The van der Waals surface area contributed by atoms with E-state index in [1.54, 1.807) is 77.6 Å². The van der Waals surface area contributed by atoms with Crippen LogP contribution >= 0.6 is 0 Å². The number of para-hydroxylation sites is 2. The van der Waals surface area contributed by atoms with Crippen LogP contribution in [0.15, 0.2) is 106 Å². The van der Waals surface area contributed by atoms with Gasteiger partial charge in [0.2, 0.25) is 11.9 Å². The zero-order valence-electron chi connectivity index (χ0n) is 20.5. The van der Waals surface area contributed by atoms with E-state index in [-0.39, 0.29) is 18.8 Å². The van der Waals surface area contributed by atoms with Crippen molar-refractivity contribution in [1.82, 2.24) is 9.13 Å². The third-order valence-corrected chi connectivity index (χ3v) is 5.66. The number of amidine groups is 1. The molecule has 3 N–H and O–H groups in total. The summed E-state index contributed by atoms with van der Waals surface area (Å²) in [6.45, 7) is 0.0185. The number of benzene rings is 2. The highest BCUT2D eigenvalue weighted by atomic mass is 16.4. The van der Waals surface area contributed by atoms with Crippen LogP contribution in [0.2, 0.25) is 0 Å². The predicted octanol–water partition coefficient (Wildman–Crippen LogP) is 2.77. The number of hydrogen-bond acceptors (Lipinski definition) is 6. The second-order valence-corrected chi connectivity index (χ2v) is 8.27. The number of rotatable bonds is 9. The molecule has 0 aliphatic carbocycles. The molecule has 0 amide bonds. The van der Waals surface area contributed by atoms with Crippen LogP contribution in [0.1, 0.15) is 18.0 Å². The van der Waals surface area contributed by atoms with E-state index >= 15 is 0 Å². The van der Waals surface area contributed by atoms with E-state index in [9.17, 15) is 24.6 Å². The quantitative estimate of drug-likeness (QED) is 0.0985. The molecule has 1 atom stereocenters. The van der Waals surface area contributed by atoms with Gasteiger partial charge in [0.25, 0.3) is 6.33 Å². The van der Waals surface area contributed by atoms with Crippen LogP contribution in [0.4, 0.5) is 4.79 Å². The van der Waals surface area contributed by atoms with Crippen LogP contribution in [0.5, 0.6) is 0 Å². The number of fused-ring (bicyclic) bond motifs is 1. The van der Waals surface area contributed by atoms with E-state index in [2.05, 4.69) is 20.4 Å². The Labute approximate surface area is 220 Å². The summed E-state index contributed by atoms with van der Waals surface area (Å²) in [6.07, 6.45) is 3.32. The Balaban J connectivity index is 1.62. The van der Waals surface area contributed by atoms with Crippen LogP contribution in [0.3, 0.4) is 0 Å². The van der Waals surface area contributed by atoms with E-state index in [1.807, 2.05) is 6.07 Å². The molecule has 2 heterocycles. The van der Waals surface area contributed by atoms with Gasteiger partial charge >= 0.3 is 18.0 Å². The van der Waals surface area contributed by atoms with Crippen molar-refractivity contribution >= 4 is 34.9 Å². The maximum absolute atomic E-state index is 12.1. The minimum absolute atomic E-state index is 0.00963. The molecule has 13 heteroatoms. The summed E-state index contributed by atoms with van der Waals surface area (Å²) in [5, 5.41) is 45.4. The number of aryl methyl sites for hydroxylation is 1. The van der Waals surface area contributed by atoms with Crippen LogP contribution < -0.4 is 9.92 Å². The van der Waals surface area contributed by atoms with Gasteiger partial charge in [-0.1, -0.05) is 42.5 Å². The fourth-order valence-electron chi connectivity index (χ4n) is 3.72. The van der Waals surface area contributed by atoms with Gasteiger partial charge in [-0.3, -0.25) is 4.79 Å². The van der Waals surface area contributed by atoms with Crippen molar-refractivity contribution in [2.24, 2.45) is 20.4 Å². The molecule has 0 saturated heterocycles. The van der Waals surface area contributed by atoms with Crippen LogP contribution in [-0.4, -0.2) is 54.9 Å². The molecule has 0 aliphatic heterocycles. The highest BCUT2D eigenvalue weighted by Crippen LogP contribution is 2.14. The van der Waals surface area contributed by atoms with Gasteiger partial charge in [0.15, 0.2) is 11.0 Å². The smallest absolute Gasteiger partial charge is 0.481 e. The number of carboxylic acids is 2. The van der Waals surface area contributed by atoms with Crippen LogP contribution in [0.25, 0.3) is 11.0 Å². The molecular formula is C26H24N7O6+. The molecular weight excluding hydrogens is 506 g/mol. The fraction of sp³-hybridized carbons (Fsp3) is 0.154. The van der Waals surface area contributed by atoms with Crippen molar-refractivity contribution < 1.29 is 34.3 Å². The number of pyridine rings is 1. The number of aliphatic carboxylic acids is 2. The normalized spacial score (nSPS) is 12.5. The van der Waals surface area contributed by atoms with E-state index in [0.29, 0.717) is 28.5 Å². The number of hydrogen-bond donors (Lipinski definition) is 3. The lowest BCUT2D eigenvalue weighted by atomic mass is 10.2. The summed E-state index contributed by atoms with van der Waals surface area (Å²) >= 11 is 0. The molecule has 13 nitrogen and oxygen atoms in total. The second-order valence-electron chi connectivity index (χ2n) is 8.27. The first-order chi connectivity index (χ1) is 18.8. The average molecular weight is 531 g/mol. The lowest BCUT2D eigenvalue weighted by Gasteiger charge is -2.06. The monoisotopic (exact) mass is 530 g/mol. The van der Waals surface area contributed by atoms with Gasteiger partial charge in [-0.25, -0.2) is 9.36 Å². The highest BCUT2D eigenvalue weighted by molar-refractivity contribution is 5.99. The second kappa shape index (κ2) is 12.2. The van der Waals surface area contributed by atoms with Crippen molar-refractivity contribution in [3.63, 3.8) is 0 Å². The maximum atomic E-state index is 12.1. The first kappa shape index (κ1) is 26.6. The van der Waals surface area contributed by atoms with Gasteiger partial charge in [-0.15, -0.1) is 19.9 Å². The first-order valence-corrected chi connectivity index (χ1v) is 11.7. The summed E-state index contributed by atoms with van der Waals surface area (Å²) in [5.41, 5.74) is 1.35. The highest BCUT2D eigenvalue weighted by Gasteiger charge is 2.30. The van der Waals surface area contributed by atoms with Gasteiger partial charge in [-0.2, -0.15) is 9.91 Å². The molecule has 2 aromatic carbocycles. The predicted molar refractivity (Wildman–Crippen MR) is 137 cm³/mol. The Kier molecular flexibility index (Phi) is 8.31. The third-order valence-electron chi connectivity index (χ3n) is 5.66. The largest absolute Gasteiger partial charge is 0.509 e. The van der Waals surface area contributed by atoms with Gasteiger partial charge in [0, 0.05) is 24.5 Å². The Bertz CT molecular complexity index is 1620. The number of imidazole rings is 1. The zero-order valence-corrected chi connectivity index (χ0v) is 20.5. The molecule has 198 valence electrons. The number of azo groups is 1. The van der Waals surface area contributed by atoms with Crippen molar-refractivity contribution in [1.29, 1.82) is 0 Å². The third kappa shape index (κ3) is 6.65. The van der Waals surface area contributed by atoms with Crippen molar-refractivity contribution in [3.8, 4) is 0 Å². The first-order valence-electron chi connectivity index (χ1n) is 11.7. The van der Waals surface area contributed by atoms with Crippen molar-refractivity contribution in [2.75, 3.05) is 6.54 Å². The zero-order chi connectivity index (χ0) is 27.8. The van der Waals surface area contributed by atoms with Crippen molar-refractivity contribution in [2.45, 2.75) is 19.0 Å². The number of carboxylic acid groups (broad SMARTS) is 3. The molecule has 0 spiro atoms. The molecule has 4 aromatic rings. The SMILES string of the molecule is O=C(O)CCn1ccc(=NN=C(N=NCC(C(=O)O)[n+]2cn(C(=O)O)c3ccccc32)c2ccccc2)cc1. The van der Waals surface area contributed by atoms with Crippen LogP contribution in [0, 0.1) is 0 Å². The fourth-order valence-corrected chi connectivity index (χ4v) is 3.72. The Morgan fingerprint density at radius 1 is 0.897 bits per heavy atom. The maximum Gasteiger partial charge on any atom is 0.509 e. The number of aromatic nitrogens is 3. The lowest BCUT2D eigenvalue weighted by Crippen LogP contribution is -2.45. The molecule has 2 aromatic heterocycles. The van der Waals surface area contributed by atoms with Crippen molar-refractivity contribution in [3.05, 3.63) is 96.4 Å². The molecule has 4 rings (SSSR count). The van der Waals surface area contributed by atoms with E-state index < -0.39 is 24.1 Å². The van der Waals surface area contributed by atoms with E-state index in [4.69, 9.17) is 5.11 Å². The van der Waals surface area contributed by atoms with Crippen LogP contribution in [-0.2, 0) is 16.1 Å². The lowest BCUT2D eigenvalue weighted by molar-refractivity contribution is -0.683. The topological polar surface area (TPSA) is 175 Å². The molecule has 0 fully saturated rings. The summed E-state index contributed by atoms with van der Waals surface area (Å²) in [4.78, 5) is 34.5. The molecule has 39 heavy (non-hydrogen) atoms. The Morgan fingerprint density at radius 2 is 1.59 bits per heavy atom. The summed E-state index contributed by atoms with van der Waals surface area (Å²) in [7, 11) is 0. The molecule has 0 bridgehead atoms. The standard InChI is InChI=1S/C26H23N7O6/c34-23(35)12-15-31-13-10-19(11-14-31)28-30-24(18-6-2-1-3-7-18)29-27-16-22(25(36)37)32-17-33(26(38)39)21-9-5-4-8-20(21)32/h1-11,13-14,17,22H,12,15-16H2,(H2-,34,35,36,37,38,39)/p+1. The van der Waals surface area contributed by atoms with E-state index in [1.165, 1.54) is 10.9 Å². The minimum atomic E-state index is -1.25.